The van der Waals surface area contributed by atoms with Gasteiger partial charge < -0.3 is 22.5 Å². The minimum absolute atomic E-state index is 0.103. The van der Waals surface area contributed by atoms with Crippen molar-refractivity contribution in [1.29, 1.82) is 0 Å². The molecule has 0 heterocycles. The molecule has 0 radical (unpaired) electrons. The molecule has 0 aromatic heterocycles. The topological polar surface area (TPSA) is 52.6 Å². The van der Waals surface area contributed by atoms with Crippen molar-refractivity contribution in [3.8, 4) is 0 Å². The van der Waals surface area contributed by atoms with Gasteiger partial charge in [0.15, 0.2) is 6.10 Å². The van der Waals surface area contributed by atoms with Gasteiger partial charge in [0.2, 0.25) is 0 Å². The van der Waals surface area contributed by atoms with Crippen LogP contribution in [0.15, 0.2) is 31.1 Å². The molecule has 1 atom stereocenters. The second kappa shape index (κ2) is 15.8. The van der Waals surface area contributed by atoms with Crippen LogP contribution in [0.1, 0.15) is 20.8 Å². The Bertz CT molecular complexity index is 274. The first-order valence-corrected chi connectivity index (χ1v) is 5.37. The number of carbonyl (C=O) groups excluding carboxylic acids is 1. The first-order chi connectivity index (χ1) is 8.40. The van der Waals surface area contributed by atoms with Crippen molar-refractivity contribution in [2.24, 2.45) is 0 Å². The molecule has 0 aliphatic rings. The van der Waals surface area contributed by atoms with Crippen molar-refractivity contribution in [3.05, 3.63) is 44.1 Å². The quantitative estimate of drug-likeness (QED) is 0.339. The molecule has 18 heavy (non-hydrogen) atoms. The van der Waals surface area contributed by atoms with Gasteiger partial charge in [0, 0.05) is 0 Å². The fourth-order valence-corrected chi connectivity index (χ4v) is 0.580. The average molecular weight is 299 g/mol. The number of esters is 1. The van der Waals surface area contributed by atoms with E-state index in [4.69, 9.17) is 8.60 Å². The van der Waals surface area contributed by atoms with E-state index < -0.39 is 12.1 Å². The summed E-state index contributed by atoms with van der Waals surface area (Å²) >= 11 is 2.31. The van der Waals surface area contributed by atoms with Gasteiger partial charge in [0.25, 0.3) is 0 Å². The molecule has 0 aliphatic carbocycles. The Hall–Kier alpha value is -1.20. The normalized spacial score (nSPS) is 9.39. The third kappa shape index (κ3) is 14.8. The van der Waals surface area contributed by atoms with Gasteiger partial charge in [-0.3, -0.25) is 6.58 Å². The van der Waals surface area contributed by atoms with Crippen LogP contribution in [0.25, 0.3) is 0 Å². The zero-order valence-electron chi connectivity index (χ0n) is 11.1. The first kappa shape index (κ1) is 22.0. The summed E-state index contributed by atoms with van der Waals surface area (Å²) in [5, 5.41) is 0. The summed E-state index contributed by atoms with van der Waals surface area (Å²) in [4.78, 5) is 11.0. The average Bonchev–Trinajstić information content (AvgIpc) is 2.32. The van der Waals surface area contributed by atoms with Gasteiger partial charge in [0.1, 0.15) is 5.76 Å². The van der Waals surface area contributed by atoms with Crippen LogP contribution in [-0.4, -0.2) is 18.7 Å². The fraction of sp³-hybridized carbons (Fsp3) is 0.385. The van der Waals surface area contributed by atoms with E-state index in [-0.39, 0.29) is 6.61 Å². The molecule has 0 bridgehead atoms. The maximum atomic E-state index is 11.0. The molecule has 0 saturated heterocycles. The molecule has 0 aromatic rings. The van der Waals surface area contributed by atoms with Crippen molar-refractivity contribution in [2.75, 3.05) is 6.61 Å². The fourth-order valence-electron chi connectivity index (χ4n) is 0.580. The second-order valence-corrected chi connectivity index (χ2v) is 2.98. The Morgan fingerprint density at radius 3 is 2.11 bits per heavy atom. The first-order valence-electron chi connectivity index (χ1n) is 4.95. The molecule has 1 unspecified atom stereocenters. The summed E-state index contributed by atoms with van der Waals surface area (Å²) < 4.78 is 17.7. The molecule has 0 rings (SSSR count). The van der Waals surface area contributed by atoms with E-state index >= 15 is 0 Å². The molecular weight excluding hydrogens is 279 g/mol. The zero-order valence-corrected chi connectivity index (χ0v) is 12.1. The monoisotopic (exact) mass is 299 g/mol. The summed E-state index contributed by atoms with van der Waals surface area (Å²) in [7, 11) is 0. The molecule has 0 aromatic carbocycles. The molecule has 4 nitrogen and oxygen atoms in total. The summed E-state index contributed by atoms with van der Waals surface area (Å²) in [5.74, 6) is -0.0501. The number of allylic oxidation sites excluding steroid dienone is 2. The van der Waals surface area contributed by atoms with Gasteiger partial charge in [0.05, 0.1) is 0 Å². The van der Waals surface area contributed by atoms with E-state index in [1.807, 2.05) is 0 Å². The van der Waals surface area contributed by atoms with Gasteiger partial charge in [-0.05, 0) is 26.0 Å². The van der Waals surface area contributed by atoms with E-state index in [0.29, 0.717) is 11.3 Å². The Morgan fingerprint density at radius 1 is 1.44 bits per heavy atom. The van der Waals surface area contributed by atoms with Gasteiger partial charge in [-0.25, -0.2) is 4.79 Å². The Morgan fingerprint density at radius 2 is 1.83 bits per heavy atom. The SMILES string of the molecule is C=C(C)C(=C)OC(C)C(=O)OC[CH2-].C=[C-]C.[O]=[Co]. The van der Waals surface area contributed by atoms with Crippen LogP contribution < -0.4 is 0 Å². The Balaban J connectivity index is -0.000000389. The maximum absolute atomic E-state index is 11.0. The second-order valence-electron chi connectivity index (χ2n) is 2.98. The predicted molar refractivity (Wildman–Crippen MR) is 66.0 cm³/mol. The number of hydrogen-bond donors (Lipinski definition) is 0. The standard InChI is InChI=1S/C10H15O3.C3H5.Co.O/c1-6-12-10(11)9(5)13-8(4)7(2)3;1-3-2;;/h9H,1-2,4,6H2,3,5H3;1H2,2H3;;/q2*-1;;. The number of ether oxygens (including phenoxy) is 2. The van der Waals surface area contributed by atoms with Gasteiger partial charge >= 0.3 is 25.5 Å². The Kier molecular flexibility index (Phi) is 19.3. The third-order valence-corrected chi connectivity index (χ3v) is 1.37. The summed E-state index contributed by atoms with van der Waals surface area (Å²) in [6, 6.07) is 0. The van der Waals surface area contributed by atoms with Crippen molar-refractivity contribution >= 4 is 5.97 Å². The van der Waals surface area contributed by atoms with E-state index in [0.717, 1.165) is 0 Å². The molecule has 0 fully saturated rings. The molecule has 5 heteroatoms. The van der Waals surface area contributed by atoms with Crippen LogP contribution in [0.4, 0.5) is 0 Å². The number of hydrogen-bond acceptors (Lipinski definition) is 4. The molecule has 0 saturated carbocycles. The van der Waals surface area contributed by atoms with Gasteiger partial charge in [-0.2, -0.15) is 6.92 Å². The minimum atomic E-state index is -0.661. The molecule has 107 valence electrons. The van der Waals surface area contributed by atoms with Crippen LogP contribution in [0, 0.1) is 13.0 Å². The van der Waals surface area contributed by atoms with Crippen molar-refractivity contribution in [3.63, 3.8) is 0 Å². The van der Waals surface area contributed by atoms with E-state index in [1.54, 1.807) is 20.8 Å². The van der Waals surface area contributed by atoms with Crippen LogP contribution in [0.5, 0.6) is 0 Å². The summed E-state index contributed by atoms with van der Waals surface area (Å²) in [6.07, 6.45) is 1.84. The molecule has 0 spiro atoms. The predicted octanol–water partition coefficient (Wildman–Crippen LogP) is 2.73. The molecule has 0 amide bonds. The van der Waals surface area contributed by atoms with E-state index in [9.17, 15) is 4.79 Å². The third-order valence-electron chi connectivity index (χ3n) is 1.37. The molecular formula is C13H20CoO4-2. The van der Waals surface area contributed by atoms with Crippen LogP contribution >= 0.6 is 0 Å². The van der Waals surface area contributed by atoms with Crippen molar-refractivity contribution in [1.82, 2.24) is 0 Å². The van der Waals surface area contributed by atoms with E-state index in [2.05, 4.69) is 53.1 Å². The Labute approximate surface area is 118 Å². The number of rotatable bonds is 5. The van der Waals surface area contributed by atoms with Gasteiger partial charge in [-0.15, -0.1) is 0 Å². The van der Waals surface area contributed by atoms with Crippen LogP contribution in [-0.2, 0) is 33.8 Å². The van der Waals surface area contributed by atoms with Crippen molar-refractivity contribution in [2.45, 2.75) is 26.9 Å². The molecule has 0 aliphatic heterocycles. The summed E-state index contributed by atoms with van der Waals surface area (Å²) in [6.45, 7) is 19.0. The zero-order chi connectivity index (χ0) is 15.1. The molecule has 0 N–H and O–H groups in total. The van der Waals surface area contributed by atoms with Gasteiger partial charge in [-0.1, -0.05) is 13.2 Å². The number of carbonyl (C=O) groups is 1. The van der Waals surface area contributed by atoms with Crippen LogP contribution in [0.3, 0.4) is 0 Å². The van der Waals surface area contributed by atoms with Crippen LogP contribution in [0.2, 0.25) is 0 Å². The van der Waals surface area contributed by atoms with Crippen molar-refractivity contribution < 1.29 is 33.8 Å². The van der Waals surface area contributed by atoms with E-state index in [1.165, 1.54) is 0 Å². The summed E-state index contributed by atoms with van der Waals surface area (Å²) in [5.41, 5.74) is 0.689.